The first kappa shape index (κ1) is 21.9. The van der Waals surface area contributed by atoms with E-state index in [1.807, 2.05) is 23.1 Å². The fourth-order valence-electron chi connectivity index (χ4n) is 3.93. The third-order valence-electron chi connectivity index (χ3n) is 5.47. The lowest BCUT2D eigenvalue weighted by Gasteiger charge is -2.33. The molecule has 0 unspecified atom stereocenters. The Morgan fingerprint density at radius 1 is 1.17 bits per heavy atom. The lowest BCUT2D eigenvalue weighted by atomic mass is 10.1. The maximum absolute atomic E-state index is 12.7. The summed E-state index contributed by atoms with van der Waals surface area (Å²) in [6.07, 6.45) is 3.05. The number of hydrogen-bond donors (Lipinski definition) is 2. The highest BCUT2D eigenvalue weighted by Crippen LogP contribution is 2.27. The zero-order valence-electron chi connectivity index (χ0n) is 16.6. The summed E-state index contributed by atoms with van der Waals surface area (Å²) in [5, 5.41) is 10.2. The summed E-state index contributed by atoms with van der Waals surface area (Å²) >= 11 is 1.79. The molecule has 1 fully saturated rings. The Morgan fingerprint density at radius 2 is 1.97 bits per heavy atom. The monoisotopic (exact) mass is 525 g/mol. The van der Waals surface area contributed by atoms with E-state index in [-0.39, 0.29) is 36.4 Å². The van der Waals surface area contributed by atoms with E-state index in [2.05, 4.69) is 44.1 Å². The Labute approximate surface area is 193 Å². The molecule has 2 aliphatic rings. The zero-order valence-corrected chi connectivity index (χ0v) is 19.8. The number of benzene rings is 1. The van der Waals surface area contributed by atoms with Gasteiger partial charge >= 0.3 is 0 Å². The van der Waals surface area contributed by atoms with Crippen LogP contribution in [0.25, 0.3) is 0 Å². The minimum absolute atomic E-state index is 0. The highest BCUT2D eigenvalue weighted by atomic mass is 127. The lowest BCUT2D eigenvalue weighted by molar-refractivity contribution is -0.117. The van der Waals surface area contributed by atoms with Crippen LogP contribution in [-0.2, 0) is 11.2 Å². The summed E-state index contributed by atoms with van der Waals surface area (Å²) in [7, 11) is 1.76. The van der Waals surface area contributed by atoms with Gasteiger partial charge in [-0.2, -0.15) is 0 Å². The third-order valence-corrected chi connectivity index (χ3v) is 6.40. The number of aliphatic imine (C=N–C) groups is 1. The van der Waals surface area contributed by atoms with Gasteiger partial charge in [0.1, 0.15) is 0 Å². The van der Waals surface area contributed by atoms with Crippen LogP contribution in [0.5, 0.6) is 0 Å². The van der Waals surface area contributed by atoms with E-state index in [0.29, 0.717) is 12.0 Å². The number of carbonyl (C=O) groups excluding carboxylic acids is 1. The van der Waals surface area contributed by atoms with Crippen LogP contribution in [0.15, 0.2) is 46.8 Å². The fraction of sp³-hybridized carbons (Fsp3) is 0.429. The average molecular weight is 525 g/mol. The van der Waals surface area contributed by atoms with Crippen LogP contribution >= 0.6 is 35.3 Å². The molecule has 6 nitrogen and oxygen atoms in total. The summed E-state index contributed by atoms with van der Waals surface area (Å²) < 4.78 is 0. The van der Waals surface area contributed by atoms with Crippen molar-refractivity contribution < 1.29 is 4.79 Å². The van der Waals surface area contributed by atoms with Gasteiger partial charge < -0.3 is 20.4 Å². The molecular weight excluding hydrogens is 497 g/mol. The van der Waals surface area contributed by atoms with Crippen molar-refractivity contribution in [2.24, 2.45) is 4.99 Å². The standard InChI is InChI=1S/C21H27N5OS.HI/c1-22-21(24-17-9-11-25(12-10-17)20-7-4-14-28-20)23-15-19(27)26-13-8-16-5-2-3-6-18(16)26;/h2-7,14,17H,8-13,15H2,1H3,(H2,22,23,24);1H. The van der Waals surface area contributed by atoms with Gasteiger partial charge in [0.2, 0.25) is 5.91 Å². The molecule has 0 radical (unpaired) electrons. The Morgan fingerprint density at radius 3 is 2.69 bits per heavy atom. The minimum Gasteiger partial charge on any atom is -0.363 e. The number of amides is 1. The van der Waals surface area contributed by atoms with Crippen LogP contribution in [-0.4, -0.2) is 51.1 Å². The van der Waals surface area contributed by atoms with Crippen molar-refractivity contribution in [2.75, 3.05) is 43.0 Å². The molecule has 2 aliphatic heterocycles. The van der Waals surface area contributed by atoms with E-state index in [1.54, 1.807) is 18.4 Å². The molecule has 0 aliphatic carbocycles. The number of guanidine groups is 1. The number of thiophene rings is 1. The van der Waals surface area contributed by atoms with Gasteiger partial charge in [0.15, 0.2) is 5.96 Å². The first-order chi connectivity index (χ1) is 13.7. The molecule has 8 heteroatoms. The average Bonchev–Trinajstić information content (AvgIpc) is 3.41. The quantitative estimate of drug-likeness (QED) is 0.366. The highest BCUT2D eigenvalue weighted by Gasteiger charge is 2.25. The minimum atomic E-state index is 0. The number of piperidine rings is 1. The maximum Gasteiger partial charge on any atom is 0.246 e. The summed E-state index contributed by atoms with van der Waals surface area (Å²) in [5.41, 5.74) is 2.29. The molecule has 0 bridgehead atoms. The Kier molecular flexibility index (Phi) is 7.77. The number of hydrogen-bond acceptors (Lipinski definition) is 4. The topological polar surface area (TPSA) is 60.0 Å². The molecule has 4 rings (SSSR count). The van der Waals surface area contributed by atoms with Gasteiger partial charge in [-0.25, -0.2) is 0 Å². The largest absolute Gasteiger partial charge is 0.363 e. The molecule has 0 atom stereocenters. The van der Waals surface area contributed by atoms with E-state index < -0.39 is 0 Å². The number of nitrogens with zero attached hydrogens (tertiary/aromatic N) is 3. The lowest BCUT2D eigenvalue weighted by Crippen LogP contribution is -2.50. The van der Waals surface area contributed by atoms with Crippen LogP contribution in [0.2, 0.25) is 0 Å². The molecule has 1 saturated heterocycles. The Balaban J connectivity index is 0.00000240. The molecule has 156 valence electrons. The Bertz CT molecular complexity index is 833. The first-order valence-electron chi connectivity index (χ1n) is 9.88. The predicted octanol–water partition coefficient (Wildman–Crippen LogP) is 3.09. The number of halogens is 1. The van der Waals surface area contributed by atoms with Crippen molar-refractivity contribution in [1.29, 1.82) is 0 Å². The van der Waals surface area contributed by atoms with Crippen molar-refractivity contribution in [3.8, 4) is 0 Å². The van der Waals surface area contributed by atoms with Crippen LogP contribution in [0, 0.1) is 0 Å². The van der Waals surface area contributed by atoms with E-state index >= 15 is 0 Å². The normalized spacial score (nSPS) is 16.9. The molecule has 1 aromatic heterocycles. The smallest absolute Gasteiger partial charge is 0.246 e. The number of nitrogens with one attached hydrogen (secondary N) is 2. The number of rotatable bonds is 4. The molecule has 2 N–H and O–H groups in total. The summed E-state index contributed by atoms with van der Waals surface area (Å²) in [4.78, 5) is 21.3. The van der Waals surface area contributed by atoms with E-state index in [4.69, 9.17) is 0 Å². The van der Waals surface area contributed by atoms with Crippen LogP contribution in [0.1, 0.15) is 18.4 Å². The van der Waals surface area contributed by atoms with Gasteiger partial charge in [0.05, 0.1) is 11.5 Å². The van der Waals surface area contributed by atoms with Crippen LogP contribution < -0.4 is 20.4 Å². The second-order valence-electron chi connectivity index (χ2n) is 7.21. The molecule has 0 spiro atoms. The van der Waals surface area contributed by atoms with Crippen LogP contribution in [0.4, 0.5) is 10.7 Å². The van der Waals surface area contributed by atoms with Crippen molar-refractivity contribution >= 4 is 57.9 Å². The van der Waals surface area contributed by atoms with Crippen molar-refractivity contribution in [1.82, 2.24) is 10.6 Å². The zero-order chi connectivity index (χ0) is 19.3. The second-order valence-corrected chi connectivity index (χ2v) is 8.13. The second kappa shape index (κ2) is 10.3. The number of para-hydroxylation sites is 1. The number of anilines is 2. The summed E-state index contributed by atoms with van der Waals surface area (Å²) in [5.74, 6) is 0.788. The van der Waals surface area contributed by atoms with Gasteiger partial charge in [0, 0.05) is 38.4 Å². The third kappa shape index (κ3) is 5.22. The molecular formula is C21H28IN5OS. The summed E-state index contributed by atoms with van der Waals surface area (Å²) in [6.45, 7) is 3.09. The van der Waals surface area contributed by atoms with Crippen molar-refractivity contribution in [3.05, 3.63) is 47.3 Å². The Hall–Kier alpha value is -1.81. The number of carbonyl (C=O) groups is 1. The van der Waals surface area contributed by atoms with Crippen molar-refractivity contribution in [3.63, 3.8) is 0 Å². The van der Waals surface area contributed by atoms with E-state index in [9.17, 15) is 4.79 Å². The molecule has 1 aromatic carbocycles. The molecule has 1 amide bonds. The molecule has 29 heavy (non-hydrogen) atoms. The highest BCUT2D eigenvalue weighted by molar-refractivity contribution is 14.0. The SMILES string of the molecule is CN=C(NCC(=O)N1CCc2ccccc21)NC1CCN(c2cccs2)CC1.I. The molecule has 3 heterocycles. The number of fused-ring (bicyclic) bond motifs is 1. The molecule has 0 saturated carbocycles. The van der Waals surface area contributed by atoms with Gasteiger partial charge in [-0.3, -0.25) is 9.79 Å². The van der Waals surface area contributed by atoms with Gasteiger partial charge in [-0.15, -0.1) is 35.3 Å². The van der Waals surface area contributed by atoms with Gasteiger partial charge in [-0.1, -0.05) is 18.2 Å². The van der Waals surface area contributed by atoms with Crippen molar-refractivity contribution in [2.45, 2.75) is 25.3 Å². The first-order valence-corrected chi connectivity index (χ1v) is 10.8. The fourth-order valence-corrected chi connectivity index (χ4v) is 4.72. The van der Waals surface area contributed by atoms with E-state index in [1.165, 1.54) is 10.6 Å². The van der Waals surface area contributed by atoms with Crippen LogP contribution in [0.3, 0.4) is 0 Å². The molecule has 2 aromatic rings. The summed E-state index contributed by atoms with van der Waals surface area (Å²) in [6, 6.07) is 12.8. The van der Waals surface area contributed by atoms with E-state index in [0.717, 1.165) is 44.6 Å². The van der Waals surface area contributed by atoms with Gasteiger partial charge in [-0.05, 0) is 48.4 Å². The maximum atomic E-state index is 12.7. The van der Waals surface area contributed by atoms with Gasteiger partial charge in [0.25, 0.3) is 0 Å². The predicted molar refractivity (Wildman–Crippen MR) is 132 cm³/mol.